The van der Waals surface area contributed by atoms with Gasteiger partial charge in [-0.25, -0.2) is 0 Å². The lowest BCUT2D eigenvalue weighted by Crippen LogP contribution is -2.28. The van der Waals surface area contributed by atoms with E-state index in [1.807, 2.05) is 36.4 Å². The minimum absolute atomic E-state index is 0.229. The summed E-state index contributed by atoms with van der Waals surface area (Å²) in [5, 5.41) is 18.4. The SMILES string of the molecule is CC(C)(C(=O)O)c1ccc(-c2ccc(O)cc2)cc1. The van der Waals surface area contributed by atoms with Gasteiger partial charge in [-0.15, -0.1) is 0 Å². The average Bonchev–Trinajstić information content (AvgIpc) is 2.39. The van der Waals surface area contributed by atoms with Crippen LogP contribution in [0.15, 0.2) is 48.5 Å². The van der Waals surface area contributed by atoms with Gasteiger partial charge in [-0.3, -0.25) is 4.79 Å². The van der Waals surface area contributed by atoms with Crippen LogP contribution in [-0.4, -0.2) is 16.2 Å². The summed E-state index contributed by atoms with van der Waals surface area (Å²) in [5.74, 6) is -0.614. The standard InChI is InChI=1S/C16H16O3/c1-16(2,15(18)19)13-7-3-11(4-8-13)12-5-9-14(17)10-6-12/h3-10,17H,1-2H3,(H,18,19). The highest BCUT2D eigenvalue weighted by molar-refractivity contribution is 5.80. The number of rotatable bonds is 3. The third kappa shape index (κ3) is 2.60. The Balaban J connectivity index is 2.33. The Morgan fingerprint density at radius 2 is 1.32 bits per heavy atom. The smallest absolute Gasteiger partial charge is 0.313 e. The maximum absolute atomic E-state index is 11.2. The monoisotopic (exact) mass is 256 g/mol. The number of phenols is 1. The number of carboxylic acids is 1. The fourth-order valence-electron chi connectivity index (χ4n) is 1.86. The summed E-state index contributed by atoms with van der Waals surface area (Å²) in [5.41, 5.74) is 1.85. The first-order chi connectivity index (χ1) is 8.91. The molecule has 0 saturated carbocycles. The molecule has 0 saturated heterocycles. The molecular formula is C16H16O3. The predicted octanol–water partition coefficient (Wildman–Crippen LogP) is 3.42. The van der Waals surface area contributed by atoms with Crippen molar-refractivity contribution in [3.8, 4) is 16.9 Å². The summed E-state index contributed by atoms with van der Waals surface area (Å²) >= 11 is 0. The van der Waals surface area contributed by atoms with Crippen molar-refractivity contribution in [2.45, 2.75) is 19.3 Å². The van der Waals surface area contributed by atoms with Crippen LogP contribution in [0.5, 0.6) is 5.75 Å². The zero-order chi connectivity index (χ0) is 14.0. The molecule has 0 heterocycles. The Kier molecular flexibility index (Phi) is 3.30. The quantitative estimate of drug-likeness (QED) is 0.884. The summed E-state index contributed by atoms with van der Waals surface area (Å²) in [7, 11) is 0. The highest BCUT2D eigenvalue weighted by Gasteiger charge is 2.29. The number of carboxylic acid groups (broad SMARTS) is 1. The molecule has 0 fully saturated rings. The fraction of sp³-hybridized carbons (Fsp3) is 0.188. The zero-order valence-corrected chi connectivity index (χ0v) is 10.9. The van der Waals surface area contributed by atoms with Crippen LogP contribution in [0.25, 0.3) is 11.1 Å². The molecule has 0 atom stereocenters. The van der Waals surface area contributed by atoms with Crippen LogP contribution in [0.3, 0.4) is 0 Å². The number of hydrogen-bond donors (Lipinski definition) is 2. The molecule has 0 bridgehead atoms. The lowest BCUT2D eigenvalue weighted by molar-refractivity contribution is -0.142. The second-order valence-corrected chi connectivity index (χ2v) is 5.05. The Morgan fingerprint density at radius 3 is 1.74 bits per heavy atom. The van der Waals surface area contributed by atoms with E-state index in [2.05, 4.69) is 0 Å². The summed E-state index contributed by atoms with van der Waals surface area (Å²) < 4.78 is 0. The topological polar surface area (TPSA) is 57.5 Å². The Hall–Kier alpha value is -2.29. The van der Waals surface area contributed by atoms with Crippen molar-refractivity contribution in [3.63, 3.8) is 0 Å². The number of hydrogen-bond acceptors (Lipinski definition) is 2. The molecule has 2 aromatic carbocycles. The molecule has 2 aromatic rings. The van der Waals surface area contributed by atoms with Gasteiger partial charge in [0.1, 0.15) is 5.75 Å². The highest BCUT2D eigenvalue weighted by atomic mass is 16.4. The molecule has 2 rings (SSSR count). The maximum Gasteiger partial charge on any atom is 0.313 e. The van der Waals surface area contributed by atoms with Crippen LogP contribution in [0.1, 0.15) is 19.4 Å². The van der Waals surface area contributed by atoms with Gasteiger partial charge in [0.15, 0.2) is 0 Å². The van der Waals surface area contributed by atoms with Crippen molar-refractivity contribution in [2.24, 2.45) is 0 Å². The molecule has 2 N–H and O–H groups in total. The molecule has 98 valence electrons. The van der Waals surface area contributed by atoms with Gasteiger partial charge in [0.2, 0.25) is 0 Å². The lowest BCUT2D eigenvalue weighted by Gasteiger charge is -2.19. The Morgan fingerprint density at radius 1 is 0.895 bits per heavy atom. The number of aromatic hydroxyl groups is 1. The van der Waals surface area contributed by atoms with E-state index in [-0.39, 0.29) is 5.75 Å². The third-order valence-electron chi connectivity index (χ3n) is 3.34. The van der Waals surface area contributed by atoms with E-state index in [1.54, 1.807) is 26.0 Å². The third-order valence-corrected chi connectivity index (χ3v) is 3.34. The molecule has 0 amide bonds. The summed E-state index contributed by atoms with van der Waals surface area (Å²) in [6.45, 7) is 3.37. The molecule has 3 heteroatoms. The van der Waals surface area contributed by atoms with Crippen molar-refractivity contribution >= 4 is 5.97 Å². The van der Waals surface area contributed by atoms with Crippen LogP contribution < -0.4 is 0 Å². The Bertz CT molecular complexity index is 580. The van der Waals surface area contributed by atoms with Crippen LogP contribution in [0.4, 0.5) is 0 Å². The van der Waals surface area contributed by atoms with Crippen molar-refractivity contribution in [1.29, 1.82) is 0 Å². The predicted molar refractivity (Wildman–Crippen MR) is 74.2 cm³/mol. The molecule has 0 aromatic heterocycles. The molecule has 0 spiro atoms. The number of carbonyl (C=O) groups is 1. The van der Waals surface area contributed by atoms with Crippen molar-refractivity contribution in [1.82, 2.24) is 0 Å². The zero-order valence-electron chi connectivity index (χ0n) is 10.9. The maximum atomic E-state index is 11.2. The Labute approximate surface area is 112 Å². The molecule has 0 radical (unpaired) electrons. The molecular weight excluding hydrogens is 240 g/mol. The second-order valence-electron chi connectivity index (χ2n) is 5.05. The largest absolute Gasteiger partial charge is 0.508 e. The van der Waals surface area contributed by atoms with E-state index in [9.17, 15) is 15.0 Å². The molecule has 0 aliphatic rings. The highest BCUT2D eigenvalue weighted by Crippen LogP contribution is 2.27. The fourth-order valence-corrected chi connectivity index (χ4v) is 1.86. The molecule has 0 unspecified atom stereocenters. The molecule has 0 aliphatic heterocycles. The van der Waals surface area contributed by atoms with Gasteiger partial charge < -0.3 is 10.2 Å². The van der Waals surface area contributed by atoms with Crippen molar-refractivity contribution < 1.29 is 15.0 Å². The number of benzene rings is 2. The first-order valence-corrected chi connectivity index (χ1v) is 6.04. The van der Waals surface area contributed by atoms with E-state index in [0.29, 0.717) is 0 Å². The molecule has 19 heavy (non-hydrogen) atoms. The van der Waals surface area contributed by atoms with E-state index < -0.39 is 11.4 Å². The van der Waals surface area contributed by atoms with Gasteiger partial charge in [0.25, 0.3) is 0 Å². The van der Waals surface area contributed by atoms with Gasteiger partial charge in [0, 0.05) is 0 Å². The van der Waals surface area contributed by atoms with Gasteiger partial charge in [0.05, 0.1) is 5.41 Å². The average molecular weight is 256 g/mol. The van der Waals surface area contributed by atoms with E-state index in [4.69, 9.17) is 0 Å². The van der Waals surface area contributed by atoms with Crippen LogP contribution in [0.2, 0.25) is 0 Å². The lowest BCUT2D eigenvalue weighted by atomic mass is 9.84. The molecule has 3 nitrogen and oxygen atoms in total. The van der Waals surface area contributed by atoms with Crippen molar-refractivity contribution in [2.75, 3.05) is 0 Å². The van der Waals surface area contributed by atoms with E-state index in [0.717, 1.165) is 16.7 Å². The minimum atomic E-state index is -0.895. The van der Waals surface area contributed by atoms with E-state index >= 15 is 0 Å². The summed E-state index contributed by atoms with van der Waals surface area (Å²) in [6, 6.07) is 14.4. The number of aliphatic carboxylic acids is 1. The van der Waals surface area contributed by atoms with Crippen LogP contribution in [-0.2, 0) is 10.2 Å². The summed E-state index contributed by atoms with van der Waals surface area (Å²) in [6.07, 6.45) is 0. The van der Waals surface area contributed by atoms with Gasteiger partial charge in [-0.1, -0.05) is 36.4 Å². The van der Waals surface area contributed by atoms with Gasteiger partial charge >= 0.3 is 5.97 Å². The normalized spacial score (nSPS) is 11.3. The first-order valence-electron chi connectivity index (χ1n) is 6.04. The first kappa shape index (κ1) is 13.1. The van der Waals surface area contributed by atoms with Crippen LogP contribution >= 0.6 is 0 Å². The summed E-state index contributed by atoms with van der Waals surface area (Å²) in [4.78, 5) is 11.2. The van der Waals surface area contributed by atoms with Crippen LogP contribution in [0, 0.1) is 0 Å². The second kappa shape index (κ2) is 4.76. The van der Waals surface area contributed by atoms with Gasteiger partial charge in [-0.2, -0.15) is 0 Å². The minimum Gasteiger partial charge on any atom is -0.508 e. The molecule has 0 aliphatic carbocycles. The van der Waals surface area contributed by atoms with Crippen molar-refractivity contribution in [3.05, 3.63) is 54.1 Å². The van der Waals surface area contributed by atoms with E-state index in [1.165, 1.54) is 0 Å². The van der Waals surface area contributed by atoms with Gasteiger partial charge in [-0.05, 0) is 42.7 Å². The number of phenolic OH excluding ortho intramolecular Hbond substituents is 1.